The van der Waals surface area contributed by atoms with Crippen LogP contribution in [0.1, 0.15) is 37.8 Å². The molecule has 2 aromatic rings. The number of nitrogens with zero attached hydrogens (tertiary/aromatic N) is 4. The Labute approximate surface area is 169 Å². The van der Waals surface area contributed by atoms with E-state index < -0.39 is 0 Å². The summed E-state index contributed by atoms with van der Waals surface area (Å²) < 4.78 is 1.85. The molecule has 1 N–H and O–H groups in total. The Morgan fingerprint density at radius 1 is 1.07 bits per heavy atom. The van der Waals surface area contributed by atoms with Crippen molar-refractivity contribution in [3.05, 3.63) is 35.2 Å². The number of carbonyl (C=O) groups excluding carboxylic acids is 2. The highest BCUT2D eigenvalue weighted by atomic mass is 35.5. The van der Waals surface area contributed by atoms with Gasteiger partial charge in [0, 0.05) is 45.0 Å². The van der Waals surface area contributed by atoms with Crippen molar-refractivity contribution < 1.29 is 9.59 Å². The molecule has 8 heteroatoms. The molecule has 4 rings (SSSR count). The second kappa shape index (κ2) is 8.39. The zero-order valence-corrected chi connectivity index (χ0v) is 16.7. The summed E-state index contributed by atoms with van der Waals surface area (Å²) in [6.45, 7) is 3.60. The largest absolute Gasteiger partial charge is 0.343 e. The van der Waals surface area contributed by atoms with Crippen LogP contribution in [-0.2, 0) is 11.3 Å². The number of amides is 3. The van der Waals surface area contributed by atoms with E-state index in [2.05, 4.69) is 10.3 Å². The molecular formula is C20H26ClN5O2. The van der Waals surface area contributed by atoms with Crippen molar-refractivity contribution in [3.63, 3.8) is 0 Å². The highest BCUT2D eigenvalue weighted by molar-refractivity contribution is 6.30. The van der Waals surface area contributed by atoms with E-state index in [0.29, 0.717) is 37.0 Å². The number of imidazole rings is 1. The number of fused-ring (bicyclic) bond motifs is 1. The van der Waals surface area contributed by atoms with Gasteiger partial charge in [0.25, 0.3) is 0 Å². The zero-order chi connectivity index (χ0) is 19.5. The van der Waals surface area contributed by atoms with Crippen molar-refractivity contribution in [2.45, 2.75) is 38.6 Å². The van der Waals surface area contributed by atoms with E-state index in [1.54, 1.807) is 12.3 Å². The average Bonchev–Trinajstić information content (AvgIpc) is 3.36. The lowest BCUT2D eigenvalue weighted by molar-refractivity contribution is -0.131. The molecule has 0 aromatic carbocycles. The van der Waals surface area contributed by atoms with Crippen LogP contribution in [0.5, 0.6) is 0 Å². The summed E-state index contributed by atoms with van der Waals surface area (Å²) in [6.07, 6.45) is 8.33. The van der Waals surface area contributed by atoms with Crippen LogP contribution in [0.25, 0.3) is 5.65 Å². The van der Waals surface area contributed by atoms with E-state index >= 15 is 0 Å². The number of halogens is 1. The number of likely N-dealkylation sites (tertiary alicyclic amines) is 2. The van der Waals surface area contributed by atoms with Gasteiger partial charge in [0.1, 0.15) is 5.65 Å². The van der Waals surface area contributed by atoms with Gasteiger partial charge in [-0.25, -0.2) is 9.78 Å². The topological polar surface area (TPSA) is 70.0 Å². The van der Waals surface area contributed by atoms with Crippen LogP contribution >= 0.6 is 11.6 Å². The van der Waals surface area contributed by atoms with E-state index in [-0.39, 0.29) is 11.9 Å². The van der Waals surface area contributed by atoms with Gasteiger partial charge in [-0.15, -0.1) is 0 Å². The van der Waals surface area contributed by atoms with Crippen molar-refractivity contribution in [2.24, 2.45) is 5.92 Å². The molecule has 2 aliphatic heterocycles. The van der Waals surface area contributed by atoms with Gasteiger partial charge in [-0.2, -0.15) is 0 Å². The first-order valence-corrected chi connectivity index (χ1v) is 10.4. The Balaban J connectivity index is 1.22. The SMILES string of the molecule is O=C(CC1CCN(C(=O)NCc2cn3cc(Cl)ccc3n2)CC1)N1CCCC1. The highest BCUT2D eigenvalue weighted by Crippen LogP contribution is 2.22. The first-order chi connectivity index (χ1) is 13.6. The second-order valence-corrected chi connectivity index (χ2v) is 8.16. The summed E-state index contributed by atoms with van der Waals surface area (Å²) in [5.41, 5.74) is 1.60. The van der Waals surface area contributed by atoms with Crippen LogP contribution in [0.15, 0.2) is 24.5 Å². The van der Waals surface area contributed by atoms with Crippen molar-refractivity contribution in [1.29, 1.82) is 0 Å². The van der Waals surface area contributed by atoms with Gasteiger partial charge >= 0.3 is 6.03 Å². The number of hydrogen-bond donors (Lipinski definition) is 1. The first-order valence-electron chi connectivity index (χ1n) is 10.0. The van der Waals surface area contributed by atoms with Gasteiger partial charge in [-0.3, -0.25) is 4.79 Å². The fraction of sp³-hybridized carbons (Fsp3) is 0.550. The van der Waals surface area contributed by atoms with E-state index in [4.69, 9.17) is 11.6 Å². The zero-order valence-electron chi connectivity index (χ0n) is 15.9. The molecule has 2 aromatic heterocycles. The smallest absolute Gasteiger partial charge is 0.317 e. The van der Waals surface area contributed by atoms with Gasteiger partial charge in [0.15, 0.2) is 0 Å². The summed E-state index contributed by atoms with van der Waals surface area (Å²) in [4.78, 5) is 33.1. The predicted octanol–water partition coefficient (Wildman–Crippen LogP) is 2.92. The lowest BCUT2D eigenvalue weighted by Gasteiger charge is -2.32. The van der Waals surface area contributed by atoms with Crippen molar-refractivity contribution in [1.82, 2.24) is 24.5 Å². The second-order valence-electron chi connectivity index (χ2n) is 7.73. The molecule has 0 bridgehead atoms. The molecule has 0 unspecified atom stereocenters. The third-order valence-electron chi connectivity index (χ3n) is 5.71. The monoisotopic (exact) mass is 403 g/mol. The predicted molar refractivity (Wildman–Crippen MR) is 107 cm³/mol. The number of pyridine rings is 1. The molecule has 2 fully saturated rings. The minimum atomic E-state index is -0.0700. The minimum absolute atomic E-state index is 0.0700. The fourth-order valence-corrected chi connectivity index (χ4v) is 4.23. The Bertz CT molecular complexity index is 853. The molecule has 150 valence electrons. The van der Waals surface area contributed by atoms with Crippen LogP contribution in [0.4, 0.5) is 4.79 Å². The van der Waals surface area contributed by atoms with Gasteiger partial charge in [0.2, 0.25) is 5.91 Å². The summed E-state index contributed by atoms with van der Waals surface area (Å²) in [5, 5.41) is 3.59. The van der Waals surface area contributed by atoms with Gasteiger partial charge in [-0.05, 0) is 43.7 Å². The number of carbonyl (C=O) groups is 2. The third kappa shape index (κ3) is 4.41. The number of aromatic nitrogens is 2. The van der Waals surface area contributed by atoms with Crippen LogP contribution in [0.2, 0.25) is 5.02 Å². The van der Waals surface area contributed by atoms with Crippen molar-refractivity contribution in [3.8, 4) is 0 Å². The molecule has 28 heavy (non-hydrogen) atoms. The fourth-order valence-electron chi connectivity index (χ4n) is 4.06. The molecule has 0 spiro atoms. The van der Waals surface area contributed by atoms with E-state index in [1.807, 2.05) is 26.5 Å². The van der Waals surface area contributed by atoms with E-state index in [0.717, 1.165) is 50.1 Å². The molecule has 0 atom stereocenters. The average molecular weight is 404 g/mol. The lowest BCUT2D eigenvalue weighted by atomic mass is 9.93. The lowest BCUT2D eigenvalue weighted by Crippen LogP contribution is -2.44. The molecule has 0 saturated carbocycles. The van der Waals surface area contributed by atoms with Crippen molar-refractivity contribution >= 4 is 29.2 Å². The summed E-state index contributed by atoms with van der Waals surface area (Å²) in [5.74, 6) is 0.674. The maximum atomic E-state index is 12.5. The summed E-state index contributed by atoms with van der Waals surface area (Å²) in [6, 6.07) is 3.58. The summed E-state index contributed by atoms with van der Waals surface area (Å²) >= 11 is 5.99. The van der Waals surface area contributed by atoms with Crippen LogP contribution in [0, 0.1) is 5.92 Å². The Morgan fingerprint density at radius 2 is 1.82 bits per heavy atom. The highest BCUT2D eigenvalue weighted by Gasteiger charge is 2.27. The molecule has 2 saturated heterocycles. The number of hydrogen-bond acceptors (Lipinski definition) is 3. The molecule has 2 aliphatic rings. The summed E-state index contributed by atoms with van der Waals surface area (Å²) in [7, 11) is 0. The Kier molecular flexibility index (Phi) is 5.71. The standard InChI is InChI=1S/C20H26ClN5O2/c21-16-3-4-18-23-17(14-26(18)13-16)12-22-20(28)25-9-5-15(6-10-25)11-19(27)24-7-1-2-8-24/h3-4,13-15H,1-2,5-12H2,(H,22,28). The maximum Gasteiger partial charge on any atom is 0.317 e. The van der Waals surface area contributed by atoms with Crippen LogP contribution in [0.3, 0.4) is 0 Å². The Morgan fingerprint density at radius 3 is 2.57 bits per heavy atom. The molecule has 0 radical (unpaired) electrons. The third-order valence-corrected chi connectivity index (χ3v) is 5.93. The minimum Gasteiger partial charge on any atom is -0.343 e. The van der Waals surface area contributed by atoms with E-state index in [1.165, 1.54) is 0 Å². The first kappa shape index (κ1) is 19.1. The molecule has 4 heterocycles. The number of rotatable bonds is 4. The molecule has 3 amide bonds. The van der Waals surface area contributed by atoms with Gasteiger partial charge in [0.05, 0.1) is 17.3 Å². The number of nitrogens with one attached hydrogen (secondary N) is 1. The van der Waals surface area contributed by atoms with Crippen LogP contribution in [-0.4, -0.2) is 57.3 Å². The normalized spacial score (nSPS) is 18.0. The number of piperidine rings is 1. The number of urea groups is 1. The quantitative estimate of drug-likeness (QED) is 0.853. The van der Waals surface area contributed by atoms with Gasteiger partial charge in [-0.1, -0.05) is 11.6 Å². The molecule has 0 aliphatic carbocycles. The van der Waals surface area contributed by atoms with E-state index in [9.17, 15) is 9.59 Å². The molecule has 7 nitrogen and oxygen atoms in total. The maximum absolute atomic E-state index is 12.5. The molecular weight excluding hydrogens is 378 g/mol. The van der Waals surface area contributed by atoms with Crippen molar-refractivity contribution in [2.75, 3.05) is 26.2 Å². The van der Waals surface area contributed by atoms with Gasteiger partial charge < -0.3 is 19.5 Å². The van der Waals surface area contributed by atoms with Crippen LogP contribution < -0.4 is 5.32 Å². The Hall–Kier alpha value is -2.28.